The molecule has 0 saturated carbocycles. The zero-order chi connectivity index (χ0) is 14.8. The molecule has 6 nitrogen and oxygen atoms in total. The maximum Gasteiger partial charge on any atom is 0.270 e. The van der Waals surface area contributed by atoms with E-state index in [0.29, 0.717) is 12.8 Å². The Bertz CT molecular complexity index is 600. The minimum absolute atomic E-state index is 0.0683. The third kappa shape index (κ3) is 3.16. The van der Waals surface area contributed by atoms with Gasteiger partial charge in [-0.15, -0.1) is 0 Å². The quantitative estimate of drug-likeness (QED) is 0.626. The minimum Gasteiger partial charge on any atom is -0.306 e. The average molecular weight is 297 g/mol. The molecule has 109 valence electrons. The van der Waals surface area contributed by atoms with Crippen molar-refractivity contribution >= 4 is 15.5 Å². The van der Waals surface area contributed by atoms with Gasteiger partial charge in [0, 0.05) is 18.2 Å². The Morgan fingerprint density at radius 2 is 2.15 bits per heavy atom. The summed E-state index contributed by atoms with van der Waals surface area (Å²) < 4.78 is 25.1. The molecule has 1 fully saturated rings. The number of likely N-dealkylation sites (tertiary alicyclic amines) is 1. The number of benzene rings is 1. The SMILES string of the molecule is CN1CCCC(S(=O)(=O)c2[c]ccc([N+](=O)[O-])c2)CC1. The number of rotatable bonds is 3. The van der Waals surface area contributed by atoms with Crippen LogP contribution in [0.15, 0.2) is 23.1 Å². The van der Waals surface area contributed by atoms with Crippen molar-refractivity contribution in [2.75, 3.05) is 20.1 Å². The Kier molecular flexibility index (Phi) is 4.39. The number of non-ortho nitro benzene ring substituents is 1. The fourth-order valence-electron chi connectivity index (χ4n) is 2.41. The van der Waals surface area contributed by atoms with Gasteiger partial charge in [-0.1, -0.05) is 0 Å². The van der Waals surface area contributed by atoms with Crippen molar-refractivity contribution in [3.8, 4) is 0 Å². The molecule has 0 bridgehead atoms. The van der Waals surface area contributed by atoms with E-state index in [4.69, 9.17) is 0 Å². The molecule has 1 aromatic rings. The largest absolute Gasteiger partial charge is 0.306 e. The first-order chi connectivity index (χ1) is 9.41. The predicted octanol–water partition coefficient (Wildman–Crippen LogP) is 1.65. The first-order valence-electron chi connectivity index (χ1n) is 6.50. The highest BCUT2D eigenvalue weighted by molar-refractivity contribution is 7.92. The van der Waals surface area contributed by atoms with Crippen molar-refractivity contribution in [1.29, 1.82) is 0 Å². The molecule has 1 radical (unpaired) electrons. The lowest BCUT2D eigenvalue weighted by atomic mass is 10.2. The molecule has 1 heterocycles. The van der Waals surface area contributed by atoms with Gasteiger partial charge in [0.25, 0.3) is 5.69 Å². The van der Waals surface area contributed by atoms with Crippen molar-refractivity contribution in [2.24, 2.45) is 0 Å². The van der Waals surface area contributed by atoms with E-state index in [9.17, 15) is 18.5 Å². The summed E-state index contributed by atoms with van der Waals surface area (Å²) in [5, 5.41) is 10.3. The van der Waals surface area contributed by atoms with E-state index < -0.39 is 20.0 Å². The summed E-state index contributed by atoms with van der Waals surface area (Å²) in [4.78, 5) is 12.2. The van der Waals surface area contributed by atoms with Crippen LogP contribution >= 0.6 is 0 Å². The van der Waals surface area contributed by atoms with Crippen LogP contribution in [0, 0.1) is 16.2 Å². The Morgan fingerprint density at radius 3 is 2.85 bits per heavy atom. The number of nitro groups is 1. The van der Waals surface area contributed by atoms with Crippen LogP contribution in [0.3, 0.4) is 0 Å². The summed E-state index contributed by atoms with van der Waals surface area (Å²) in [5.41, 5.74) is -0.215. The summed E-state index contributed by atoms with van der Waals surface area (Å²) in [6.45, 7) is 1.60. The molecule has 1 aromatic carbocycles. The molecular formula is C13H17N2O4S. The smallest absolute Gasteiger partial charge is 0.270 e. The van der Waals surface area contributed by atoms with Crippen molar-refractivity contribution < 1.29 is 13.3 Å². The van der Waals surface area contributed by atoms with Crippen LogP contribution in [-0.4, -0.2) is 43.6 Å². The minimum atomic E-state index is -3.55. The summed E-state index contributed by atoms with van der Waals surface area (Å²) in [6, 6.07) is 6.28. The van der Waals surface area contributed by atoms with Gasteiger partial charge in [0.05, 0.1) is 15.1 Å². The number of sulfone groups is 1. The lowest BCUT2D eigenvalue weighted by Crippen LogP contribution is -2.24. The van der Waals surface area contributed by atoms with Gasteiger partial charge in [0.2, 0.25) is 0 Å². The van der Waals surface area contributed by atoms with Gasteiger partial charge in [0.15, 0.2) is 9.84 Å². The standard InChI is InChI=1S/C13H17N2O4S/c1-14-8-3-6-12(7-9-14)20(18,19)13-5-2-4-11(10-13)15(16)17/h2,4,10,12H,3,6-9H2,1H3. The third-order valence-corrected chi connectivity index (χ3v) is 5.81. The molecule has 1 aliphatic rings. The number of nitro benzene ring substituents is 1. The molecule has 2 rings (SSSR count). The maximum atomic E-state index is 12.5. The van der Waals surface area contributed by atoms with Gasteiger partial charge in [-0.05, 0) is 45.5 Å². The lowest BCUT2D eigenvalue weighted by molar-refractivity contribution is -0.385. The fraction of sp³-hybridized carbons (Fsp3) is 0.538. The van der Waals surface area contributed by atoms with Crippen LogP contribution < -0.4 is 0 Å². The van der Waals surface area contributed by atoms with Crippen LogP contribution in [0.2, 0.25) is 0 Å². The molecule has 1 unspecified atom stereocenters. The molecule has 0 aromatic heterocycles. The molecule has 0 aliphatic carbocycles. The highest BCUT2D eigenvalue weighted by atomic mass is 32.2. The van der Waals surface area contributed by atoms with Crippen molar-refractivity contribution in [2.45, 2.75) is 29.4 Å². The Hall–Kier alpha value is -1.47. The van der Waals surface area contributed by atoms with E-state index in [1.165, 1.54) is 12.1 Å². The first-order valence-corrected chi connectivity index (χ1v) is 8.04. The van der Waals surface area contributed by atoms with E-state index in [2.05, 4.69) is 11.0 Å². The monoisotopic (exact) mass is 297 g/mol. The number of hydrogen-bond acceptors (Lipinski definition) is 5. The Balaban J connectivity index is 2.29. The highest BCUT2D eigenvalue weighted by Gasteiger charge is 2.30. The van der Waals surface area contributed by atoms with Crippen LogP contribution in [0.4, 0.5) is 5.69 Å². The fourth-order valence-corrected chi connectivity index (χ4v) is 4.18. The molecule has 20 heavy (non-hydrogen) atoms. The molecular weight excluding hydrogens is 280 g/mol. The van der Waals surface area contributed by atoms with Gasteiger partial charge < -0.3 is 4.90 Å². The van der Waals surface area contributed by atoms with Crippen molar-refractivity contribution in [1.82, 2.24) is 4.90 Å². The van der Waals surface area contributed by atoms with Crippen molar-refractivity contribution in [3.63, 3.8) is 0 Å². The summed E-state index contributed by atoms with van der Waals surface area (Å²) in [5.74, 6) is 0. The molecule has 7 heteroatoms. The van der Waals surface area contributed by atoms with E-state index in [-0.39, 0.29) is 10.6 Å². The third-order valence-electron chi connectivity index (χ3n) is 3.61. The van der Waals surface area contributed by atoms with Gasteiger partial charge in [-0.2, -0.15) is 0 Å². The van der Waals surface area contributed by atoms with Crippen LogP contribution in [0.25, 0.3) is 0 Å². The lowest BCUT2D eigenvalue weighted by Gasteiger charge is -2.15. The Labute approximate surface area is 118 Å². The topological polar surface area (TPSA) is 80.5 Å². The number of nitrogens with zero attached hydrogens (tertiary/aromatic N) is 2. The molecule has 0 N–H and O–H groups in total. The van der Waals surface area contributed by atoms with Crippen LogP contribution in [-0.2, 0) is 9.84 Å². The summed E-state index contributed by atoms with van der Waals surface area (Å²) in [6.07, 6.45) is 1.95. The van der Waals surface area contributed by atoms with Gasteiger partial charge in [-0.25, -0.2) is 8.42 Å². The second-order valence-corrected chi connectivity index (χ2v) is 7.27. The molecule has 0 spiro atoms. The predicted molar refractivity (Wildman–Crippen MR) is 74.3 cm³/mol. The summed E-state index contributed by atoms with van der Waals surface area (Å²) >= 11 is 0. The second kappa shape index (κ2) is 5.88. The maximum absolute atomic E-state index is 12.5. The van der Waals surface area contributed by atoms with E-state index in [1.54, 1.807) is 0 Å². The van der Waals surface area contributed by atoms with E-state index in [1.807, 2.05) is 7.05 Å². The first kappa shape index (κ1) is 14.9. The molecule has 0 amide bonds. The molecule has 1 atom stereocenters. The second-order valence-electron chi connectivity index (χ2n) is 5.07. The van der Waals surface area contributed by atoms with Crippen LogP contribution in [0.1, 0.15) is 19.3 Å². The van der Waals surface area contributed by atoms with E-state index in [0.717, 1.165) is 25.6 Å². The van der Waals surface area contributed by atoms with Crippen molar-refractivity contribution in [3.05, 3.63) is 34.4 Å². The van der Waals surface area contributed by atoms with Gasteiger partial charge >= 0.3 is 0 Å². The van der Waals surface area contributed by atoms with Gasteiger partial charge in [-0.3, -0.25) is 10.1 Å². The normalized spacial score (nSPS) is 21.4. The zero-order valence-corrected chi connectivity index (χ0v) is 12.1. The number of hydrogen-bond donors (Lipinski definition) is 0. The molecule has 1 saturated heterocycles. The summed E-state index contributed by atoms with van der Waals surface area (Å²) in [7, 11) is -1.58. The van der Waals surface area contributed by atoms with Gasteiger partial charge in [0.1, 0.15) is 0 Å². The average Bonchev–Trinajstić information content (AvgIpc) is 2.64. The molecule has 1 aliphatic heterocycles. The van der Waals surface area contributed by atoms with Crippen LogP contribution in [0.5, 0.6) is 0 Å². The Morgan fingerprint density at radius 1 is 1.40 bits per heavy atom. The zero-order valence-electron chi connectivity index (χ0n) is 11.3. The van der Waals surface area contributed by atoms with E-state index >= 15 is 0 Å². The highest BCUT2D eigenvalue weighted by Crippen LogP contribution is 2.26.